The standard InChI is InChI=1S/C19H20N2O2S/c1-13-10-19(16-5-4-14(2)15(3)11-16)21(12-13)17-6-8-18(9-7-17)24(20,22)23/h4-12H,1-3H3,(H2,20,22,23). The van der Waals surface area contributed by atoms with Gasteiger partial charge in [-0.3, -0.25) is 0 Å². The predicted molar refractivity (Wildman–Crippen MR) is 96.8 cm³/mol. The van der Waals surface area contributed by atoms with Gasteiger partial charge in [-0.2, -0.15) is 0 Å². The number of hydrogen-bond acceptors (Lipinski definition) is 2. The summed E-state index contributed by atoms with van der Waals surface area (Å²) >= 11 is 0. The number of aromatic nitrogens is 1. The minimum Gasteiger partial charge on any atom is -0.316 e. The normalized spacial score (nSPS) is 11.7. The first kappa shape index (κ1) is 16.5. The lowest BCUT2D eigenvalue weighted by molar-refractivity contribution is 0.598. The van der Waals surface area contributed by atoms with E-state index >= 15 is 0 Å². The third-order valence-corrected chi connectivity index (χ3v) is 5.13. The van der Waals surface area contributed by atoms with Crippen LogP contribution in [0.3, 0.4) is 0 Å². The summed E-state index contributed by atoms with van der Waals surface area (Å²) in [5, 5.41) is 5.17. The van der Waals surface area contributed by atoms with Gasteiger partial charge >= 0.3 is 0 Å². The molecule has 3 rings (SSSR count). The molecule has 0 aliphatic rings. The number of primary sulfonamides is 1. The van der Waals surface area contributed by atoms with Crippen LogP contribution in [0.2, 0.25) is 0 Å². The molecule has 5 heteroatoms. The molecule has 1 heterocycles. The van der Waals surface area contributed by atoms with Crippen LogP contribution in [-0.4, -0.2) is 13.0 Å². The molecular formula is C19H20N2O2S. The third-order valence-electron chi connectivity index (χ3n) is 4.20. The molecule has 4 nitrogen and oxygen atoms in total. The Morgan fingerprint density at radius 2 is 1.54 bits per heavy atom. The van der Waals surface area contributed by atoms with E-state index in [1.165, 1.54) is 23.3 Å². The van der Waals surface area contributed by atoms with Gasteiger partial charge in [0.05, 0.1) is 10.6 Å². The Balaban J connectivity index is 2.11. The number of sulfonamides is 1. The smallest absolute Gasteiger partial charge is 0.238 e. The first-order valence-corrected chi connectivity index (χ1v) is 9.20. The zero-order valence-corrected chi connectivity index (χ0v) is 14.8. The second-order valence-corrected chi connectivity index (χ2v) is 7.67. The largest absolute Gasteiger partial charge is 0.316 e. The fourth-order valence-electron chi connectivity index (χ4n) is 2.73. The van der Waals surface area contributed by atoms with Crippen LogP contribution >= 0.6 is 0 Å². The van der Waals surface area contributed by atoms with Crippen LogP contribution in [0, 0.1) is 20.8 Å². The maximum absolute atomic E-state index is 11.4. The van der Waals surface area contributed by atoms with Gasteiger partial charge in [0.1, 0.15) is 0 Å². The van der Waals surface area contributed by atoms with Crippen molar-refractivity contribution in [3.8, 4) is 16.9 Å². The molecule has 0 fully saturated rings. The molecule has 0 aliphatic carbocycles. The Labute approximate surface area is 142 Å². The lowest BCUT2D eigenvalue weighted by Crippen LogP contribution is -2.12. The number of benzene rings is 2. The molecule has 2 N–H and O–H groups in total. The molecule has 0 amide bonds. The van der Waals surface area contributed by atoms with E-state index in [0.29, 0.717) is 0 Å². The molecule has 0 aliphatic heterocycles. The number of hydrogen-bond donors (Lipinski definition) is 1. The van der Waals surface area contributed by atoms with Crippen LogP contribution in [0.5, 0.6) is 0 Å². The SMILES string of the molecule is Cc1cc(-c2ccc(C)c(C)c2)n(-c2ccc(S(N)(=O)=O)cc2)c1. The Morgan fingerprint density at radius 3 is 2.12 bits per heavy atom. The first-order valence-electron chi connectivity index (χ1n) is 7.65. The summed E-state index contributed by atoms with van der Waals surface area (Å²) in [7, 11) is -3.68. The summed E-state index contributed by atoms with van der Waals surface area (Å²) < 4.78 is 24.9. The molecule has 0 saturated heterocycles. The monoisotopic (exact) mass is 340 g/mol. The van der Waals surface area contributed by atoms with Crippen molar-refractivity contribution in [2.45, 2.75) is 25.7 Å². The molecule has 0 radical (unpaired) electrons. The maximum Gasteiger partial charge on any atom is 0.238 e. The Bertz CT molecular complexity index is 1000. The molecule has 124 valence electrons. The van der Waals surface area contributed by atoms with E-state index in [1.807, 2.05) is 13.1 Å². The minimum absolute atomic E-state index is 0.114. The Kier molecular flexibility index (Phi) is 4.07. The highest BCUT2D eigenvalue weighted by atomic mass is 32.2. The van der Waals surface area contributed by atoms with Gasteiger partial charge in [0.2, 0.25) is 10.0 Å². The highest BCUT2D eigenvalue weighted by Gasteiger charge is 2.11. The van der Waals surface area contributed by atoms with Gasteiger partial charge < -0.3 is 4.57 Å². The number of aryl methyl sites for hydroxylation is 3. The zero-order chi connectivity index (χ0) is 17.5. The summed E-state index contributed by atoms with van der Waals surface area (Å²) in [6.07, 6.45) is 2.04. The lowest BCUT2D eigenvalue weighted by atomic mass is 10.0. The van der Waals surface area contributed by atoms with E-state index in [1.54, 1.807) is 12.1 Å². The molecular weight excluding hydrogens is 320 g/mol. The van der Waals surface area contributed by atoms with E-state index in [9.17, 15) is 8.42 Å². The number of rotatable bonds is 3. The van der Waals surface area contributed by atoms with Crippen LogP contribution in [-0.2, 0) is 10.0 Å². The molecule has 0 spiro atoms. The van der Waals surface area contributed by atoms with Crippen molar-refractivity contribution in [3.63, 3.8) is 0 Å². The second kappa shape index (κ2) is 5.92. The fourth-order valence-corrected chi connectivity index (χ4v) is 3.24. The van der Waals surface area contributed by atoms with Crippen LogP contribution in [0.15, 0.2) is 59.6 Å². The van der Waals surface area contributed by atoms with E-state index in [-0.39, 0.29) is 4.90 Å². The topological polar surface area (TPSA) is 65.1 Å². The molecule has 24 heavy (non-hydrogen) atoms. The van der Waals surface area contributed by atoms with Crippen molar-refractivity contribution in [1.82, 2.24) is 4.57 Å². The quantitative estimate of drug-likeness (QED) is 0.790. The Morgan fingerprint density at radius 1 is 0.875 bits per heavy atom. The number of nitrogens with zero attached hydrogens (tertiary/aromatic N) is 1. The van der Waals surface area contributed by atoms with E-state index in [2.05, 4.69) is 42.7 Å². The van der Waals surface area contributed by atoms with Crippen molar-refractivity contribution in [2.75, 3.05) is 0 Å². The third kappa shape index (κ3) is 3.13. The van der Waals surface area contributed by atoms with E-state index in [0.717, 1.165) is 22.5 Å². The number of nitrogens with two attached hydrogens (primary N) is 1. The maximum atomic E-state index is 11.4. The summed E-state index contributed by atoms with van der Waals surface area (Å²) in [4.78, 5) is 0.114. The van der Waals surface area contributed by atoms with Crippen LogP contribution in [0.1, 0.15) is 16.7 Å². The van der Waals surface area contributed by atoms with Gasteiger partial charge in [0, 0.05) is 11.9 Å². The van der Waals surface area contributed by atoms with Gasteiger partial charge in [-0.15, -0.1) is 0 Å². The van der Waals surface area contributed by atoms with Crippen LogP contribution in [0.25, 0.3) is 16.9 Å². The summed E-state index contributed by atoms with van der Waals surface area (Å²) in [6, 6.07) is 15.1. The van der Waals surface area contributed by atoms with Crippen LogP contribution in [0.4, 0.5) is 0 Å². The molecule has 0 unspecified atom stereocenters. The van der Waals surface area contributed by atoms with Gasteiger partial charge in [0.15, 0.2) is 0 Å². The van der Waals surface area contributed by atoms with Crippen LogP contribution < -0.4 is 5.14 Å². The average Bonchev–Trinajstić information content (AvgIpc) is 2.91. The molecule has 2 aromatic carbocycles. The van der Waals surface area contributed by atoms with Gasteiger partial charge in [-0.25, -0.2) is 13.6 Å². The summed E-state index contributed by atoms with van der Waals surface area (Å²) in [6.45, 7) is 6.23. The predicted octanol–water partition coefficient (Wildman–Crippen LogP) is 3.72. The lowest BCUT2D eigenvalue weighted by Gasteiger charge is -2.11. The van der Waals surface area contributed by atoms with Crippen molar-refractivity contribution < 1.29 is 8.42 Å². The van der Waals surface area contributed by atoms with Crippen molar-refractivity contribution >= 4 is 10.0 Å². The summed E-state index contributed by atoms with van der Waals surface area (Å²) in [5.41, 5.74) is 6.72. The molecule has 1 aromatic heterocycles. The second-order valence-electron chi connectivity index (χ2n) is 6.11. The molecule has 0 saturated carbocycles. The highest BCUT2D eigenvalue weighted by molar-refractivity contribution is 7.89. The van der Waals surface area contributed by atoms with Gasteiger partial charge in [-0.1, -0.05) is 12.1 Å². The zero-order valence-electron chi connectivity index (χ0n) is 13.9. The van der Waals surface area contributed by atoms with E-state index < -0.39 is 10.0 Å². The van der Waals surface area contributed by atoms with Crippen molar-refractivity contribution in [3.05, 3.63) is 71.4 Å². The van der Waals surface area contributed by atoms with Gasteiger partial charge in [0.25, 0.3) is 0 Å². The minimum atomic E-state index is -3.68. The molecule has 0 bridgehead atoms. The molecule has 0 atom stereocenters. The fraction of sp³-hybridized carbons (Fsp3) is 0.158. The highest BCUT2D eigenvalue weighted by Crippen LogP contribution is 2.28. The van der Waals surface area contributed by atoms with E-state index in [4.69, 9.17) is 5.14 Å². The van der Waals surface area contributed by atoms with Crippen molar-refractivity contribution in [2.24, 2.45) is 5.14 Å². The van der Waals surface area contributed by atoms with Gasteiger partial charge in [-0.05, 0) is 79.4 Å². The Hall–Kier alpha value is -2.37. The molecule has 3 aromatic rings. The van der Waals surface area contributed by atoms with Crippen molar-refractivity contribution in [1.29, 1.82) is 0 Å². The average molecular weight is 340 g/mol. The first-order chi connectivity index (χ1) is 11.3. The summed E-state index contributed by atoms with van der Waals surface area (Å²) in [5.74, 6) is 0.